The van der Waals surface area contributed by atoms with Crippen LogP contribution in [0.5, 0.6) is 0 Å². The van der Waals surface area contributed by atoms with Gasteiger partial charge >= 0.3 is 0 Å². The van der Waals surface area contributed by atoms with Crippen molar-refractivity contribution in [3.05, 3.63) is 0 Å². The van der Waals surface area contributed by atoms with Gasteiger partial charge in [0.05, 0.1) is 0 Å². The minimum absolute atomic E-state index is 0.659. The van der Waals surface area contributed by atoms with E-state index in [0.29, 0.717) is 6.04 Å². The lowest BCUT2D eigenvalue weighted by molar-refractivity contribution is 0.288. The third-order valence-corrected chi connectivity index (χ3v) is 2.03. The van der Waals surface area contributed by atoms with E-state index in [-0.39, 0.29) is 0 Å². The summed E-state index contributed by atoms with van der Waals surface area (Å²) in [5, 5.41) is 5.57. The van der Waals surface area contributed by atoms with Crippen molar-refractivity contribution in [3.8, 4) is 0 Å². The number of rotatable bonds is 4. The predicted octanol–water partition coefficient (Wildman–Crippen LogP) is 0.195. The fraction of sp³-hybridized carbons (Fsp3) is 1.00. The standard InChI is InChI=1S/C8H19N3/c1-3-5-9-7-8-4-6-11(2)10-8/h8-10H,3-7H2,1-2H3. The Hall–Kier alpha value is -0.120. The minimum Gasteiger partial charge on any atom is -0.315 e. The molecule has 0 radical (unpaired) electrons. The summed E-state index contributed by atoms with van der Waals surface area (Å²) in [4.78, 5) is 0. The molecule has 1 unspecified atom stereocenters. The second kappa shape index (κ2) is 4.70. The lowest BCUT2D eigenvalue weighted by Crippen LogP contribution is -2.38. The Bertz CT molecular complexity index is 106. The van der Waals surface area contributed by atoms with Crippen molar-refractivity contribution >= 4 is 0 Å². The second-order valence-corrected chi connectivity index (χ2v) is 3.24. The van der Waals surface area contributed by atoms with Gasteiger partial charge < -0.3 is 5.32 Å². The summed E-state index contributed by atoms with van der Waals surface area (Å²) < 4.78 is 0. The second-order valence-electron chi connectivity index (χ2n) is 3.24. The molecule has 1 saturated heterocycles. The summed E-state index contributed by atoms with van der Waals surface area (Å²) in [5.74, 6) is 0. The Labute approximate surface area is 69.1 Å². The molecule has 0 aromatic carbocycles. The molecule has 66 valence electrons. The van der Waals surface area contributed by atoms with Crippen LogP contribution in [0.1, 0.15) is 19.8 Å². The Morgan fingerprint density at radius 3 is 3.00 bits per heavy atom. The van der Waals surface area contributed by atoms with E-state index >= 15 is 0 Å². The molecule has 3 nitrogen and oxygen atoms in total. The van der Waals surface area contributed by atoms with Crippen LogP contribution in [0.4, 0.5) is 0 Å². The van der Waals surface area contributed by atoms with Gasteiger partial charge in [0, 0.05) is 26.2 Å². The minimum atomic E-state index is 0.659. The van der Waals surface area contributed by atoms with Crippen molar-refractivity contribution in [2.45, 2.75) is 25.8 Å². The molecule has 1 heterocycles. The first-order valence-electron chi connectivity index (χ1n) is 4.51. The molecule has 3 heteroatoms. The van der Waals surface area contributed by atoms with Crippen LogP contribution in [0, 0.1) is 0 Å². The summed E-state index contributed by atoms with van der Waals surface area (Å²) in [6.07, 6.45) is 2.50. The zero-order chi connectivity index (χ0) is 8.10. The SMILES string of the molecule is CCCNCC1CCN(C)N1. The van der Waals surface area contributed by atoms with Gasteiger partial charge in [-0.05, 0) is 19.4 Å². The third kappa shape index (κ3) is 3.18. The maximum Gasteiger partial charge on any atom is 0.0352 e. The average Bonchev–Trinajstić information content (AvgIpc) is 2.37. The summed E-state index contributed by atoms with van der Waals surface area (Å²) in [5.41, 5.74) is 3.38. The topological polar surface area (TPSA) is 27.3 Å². The van der Waals surface area contributed by atoms with Crippen LogP contribution in [0.25, 0.3) is 0 Å². The first-order chi connectivity index (χ1) is 5.33. The van der Waals surface area contributed by atoms with Gasteiger partial charge in [-0.15, -0.1) is 0 Å². The van der Waals surface area contributed by atoms with Crippen LogP contribution in [0.15, 0.2) is 0 Å². The molecule has 0 amide bonds. The van der Waals surface area contributed by atoms with E-state index in [9.17, 15) is 0 Å². The van der Waals surface area contributed by atoms with Crippen LogP contribution in [0.2, 0.25) is 0 Å². The first-order valence-corrected chi connectivity index (χ1v) is 4.51. The number of hydrogen-bond acceptors (Lipinski definition) is 3. The molecular formula is C8H19N3. The Kier molecular flexibility index (Phi) is 3.83. The monoisotopic (exact) mass is 157 g/mol. The van der Waals surface area contributed by atoms with Crippen LogP contribution >= 0.6 is 0 Å². The van der Waals surface area contributed by atoms with Crippen molar-refractivity contribution < 1.29 is 0 Å². The lowest BCUT2D eigenvalue weighted by atomic mass is 10.2. The highest BCUT2D eigenvalue weighted by atomic mass is 15.5. The lowest BCUT2D eigenvalue weighted by Gasteiger charge is -2.12. The van der Waals surface area contributed by atoms with E-state index in [0.717, 1.165) is 13.1 Å². The molecule has 0 saturated carbocycles. The van der Waals surface area contributed by atoms with E-state index < -0.39 is 0 Å². The number of hydrazine groups is 1. The highest BCUT2D eigenvalue weighted by Gasteiger charge is 2.16. The van der Waals surface area contributed by atoms with Crippen molar-refractivity contribution in [2.75, 3.05) is 26.7 Å². The largest absolute Gasteiger partial charge is 0.315 e. The predicted molar refractivity (Wildman–Crippen MR) is 47.3 cm³/mol. The number of hydrogen-bond donors (Lipinski definition) is 2. The summed E-state index contributed by atoms with van der Waals surface area (Å²) in [6.45, 7) is 5.62. The summed E-state index contributed by atoms with van der Waals surface area (Å²) in [7, 11) is 2.10. The normalized spacial score (nSPS) is 26.2. The molecule has 1 aliphatic heterocycles. The van der Waals surface area contributed by atoms with Gasteiger partial charge in [0.1, 0.15) is 0 Å². The molecule has 1 fully saturated rings. The van der Waals surface area contributed by atoms with Crippen molar-refractivity contribution in [1.82, 2.24) is 15.8 Å². The van der Waals surface area contributed by atoms with Gasteiger partial charge in [0.25, 0.3) is 0 Å². The van der Waals surface area contributed by atoms with E-state index in [1.54, 1.807) is 0 Å². The maximum absolute atomic E-state index is 3.41. The Morgan fingerprint density at radius 2 is 2.45 bits per heavy atom. The van der Waals surface area contributed by atoms with Crippen molar-refractivity contribution in [2.24, 2.45) is 0 Å². The summed E-state index contributed by atoms with van der Waals surface area (Å²) in [6, 6.07) is 0.659. The third-order valence-electron chi connectivity index (χ3n) is 2.03. The highest BCUT2D eigenvalue weighted by Crippen LogP contribution is 2.00. The van der Waals surface area contributed by atoms with Crippen molar-refractivity contribution in [3.63, 3.8) is 0 Å². The Balaban J connectivity index is 1.99. The molecule has 1 aliphatic rings. The van der Waals surface area contributed by atoms with Gasteiger partial charge in [-0.25, -0.2) is 5.01 Å². The van der Waals surface area contributed by atoms with Gasteiger partial charge in [-0.2, -0.15) is 0 Å². The molecule has 0 aromatic heterocycles. The van der Waals surface area contributed by atoms with Gasteiger partial charge in [-0.1, -0.05) is 6.92 Å². The average molecular weight is 157 g/mol. The molecule has 1 atom stereocenters. The molecule has 0 aromatic rings. The molecule has 0 spiro atoms. The van der Waals surface area contributed by atoms with E-state index in [1.165, 1.54) is 19.4 Å². The van der Waals surface area contributed by atoms with Gasteiger partial charge in [-0.3, -0.25) is 5.43 Å². The van der Waals surface area contributed by atoms with Crippen molar-refractivity contribution in [1.29, 1.82) is 0 Å². The zero-order valence-electron chi connectivity index (χ0n) is 7.56. The quantitative estimate of drug-likeness (QED) is 0.571. The van der Waals surface area contributed by atoms with E-state index in [4.69, 9.17) is 0 Å². The fourth-order valence-corrected chi connectivity index (χ4v) is 1.39. The van der Waals surface area contributed by atoms with Crippen LogP contribution in [-0.2, 0) is 0 Å². The maximum atomic E-state index is 3.41. The number of nitrogens with one attached hydrogen (secondary N) is 2. The fourth-order valence-electron chi connectivity index (χ4n) is 1.39. The first kappa shape index (κ1) is 8.97. The highest BCUT2D eigenvalue weighted by molar-refractivity contribution is 4.74. The van der Waals surface area contributed by atoms with Gasteiger partial charge in [0.2, 0.25) is 0 Å². The molecule has 1 rings (SSSR count). The van der Waals surface area contributed by atoms with Gasteiger partial charge in [0.15, 0.2) is 0 Å². The molecule has 0 aliphatic carbocycles. The van der Waals surface area contributed by atoms with E-state index in [1.807, 2.05) is 0 Å². The number of nitrogens with zero attached hydrogens (tertiary/aromatic N) is 1. The zero-order valence-corrected chi connectivity index (χ0v) is 7.56. The Morgan fingerprint density at radius 1 is 1.64 bits per heavy atom. The van der Waals surface area contributed by atoms with Crippen LogP contribution in [0.3, 0.4) is 0 Å². The molecule has 0 bridgehead atoms. The smallest absolute Gasteiger partial charge is 0.0352 e. The molecule has 11 heavy (non-hydrogen) atoms. The molecular weight excluding hydrogens is 138 g/mol. The molecule has 2 N–H and O–H groups in total. The van der Waals surface area contributed by atoms with Crippen LogP contribution in [-0.4, -0.2) is 37.7 Å². The van der Waals surface area contributed by atoms with E-state index in [2.05, 4.69) is 29.7 Å². The van der Waals surface area contributed by atoms with Crippen LogP contribution < -0.4 is 10.7 Å². The summed E-state index contributed by atoms with van der Waals surface area (Å²) >= 11 is 0.